The minimum atomic E-state index is -0.193. The van der Waals surface area contributed by atoms with E-state index in [1.54, 1.807) is 22.6 Å². The van der Waals surface area contributed by atoms with Crippen LogP contribution in [0.15, 0.2) is 36.4 Å². The van der Waals surface area contributed by atoms with Crippen molar-refractivity contribution in [1.29, 1.82) is 0 Å². The van der Waals surface area contributed by atoms with Gasteiger partial charge < -0.3 is 14.6 Å². The maximum atomic E-state index is 12.6. The lowest BCUT2D eigenvalue weighted by molar-refractivity contribution is 0.0714. The number of hydrogen-bond acceptors (Lipinski definition) is 2. The topological polar surface area (TPSA) is 45.5 Å². The number of carbonyl (C=O) groups excluding carboxylic acids is 1. The summed E-state index contributed by atoms with van der Waals surface area (Å²) in [5.74, 6) is -0.193. The summed E-state index contributed by atoms with van der Waals surface area (Å²) in [5, 5.41) is 9.88. The van der Waals surface area contributed by atoms with E-state index in [0.717, 1.165) is 12.0 Å². The van der Waals surface area contributed by atoms with Gasteiger partial charge in [-0.1, -0.05) is 53.5 Å². The first-order valence-electron chi connectivity index (χ1n) is 6.99. The Kier molecular flexibility index (Phi) is 5.89. The van der Waals surface area contributed by atoms with E-state index in [0.29, 0.717) is 22.4 Å². The molecule has 0 atom stereocenters. The van der Waals surface area contributed by atoms with Crippen LogP contribution < -0.4 is 0 Å². The molecule has 1 N–H and O–H groups in total. The number of nitrogens with zero attached hydrogens (tertiary/aromatic N) is 2. The van der Waals surface area contributed by atoms with E-state index in [2.05, 4.69) is 0 Å². The Balaban J connectivity index is 2.12. The molecule has 0 unspecified atom stereocenters. The van der Waals surface area contributed by atoms with Crippen molar-refractivity contribution in [2.75, 3.05) is 19.7 Å². The fourth-order valence-electron chi connectivity index (χ4n) is 2.25. The molecular formula is C16H18Cl2N2O2. The number of rotatable bonds is 6. The first kappa shape index (κ1) is 16.9. The van der Waals surface area contributed by atoms with Crippen LogP contribution >= 0.6 is 23.2 Å². The Morgan fingerprint density at radius 1 is 1.23 bits per heavy atom. The highest BCUT2D eigenvalue weighted by Gasteiger charge is 2.21. The number of amides is 1. The summed E-state index contributed by atoms with van der Waals surface area (Å²) in [5.41, 5.74) is 1.55. The third kappa shape index (κ3) is 3.83. The van der Waals surface area contributed by atoms with Gasteiger partial charge in [0.05, 0.1) is 11.6 Å². The highest BCUT2D eigenvalue weighted by Crippen LogP contribution is 2.25. The number of halogens is 2. The van der Waals surface area contributed by atoms with Crippen molar-refractivity contribution in [3.05, 3.63) is 57.8 Å². The maximum absolute atomic E-state index is 12.6. The SMILES string of the molecule is Cn1c(C(=O)N(CCO)CCc2ccccc2)cc(Cl)c1Cl. The molecule has 4 nitrogen and oxygen atoms in total. The van der Waals surface area contributed by atoms with E-state index in [1.165, 1.54) is 0 Å². The van der Waals surface area contributed by atoms with Crippen molar-refractivity contribution >= 4 is 29.1 Å². The van der Waals surface area contributed by atoms with Gasteiger partial charge in [-0.05, 0) is 18.1 Å². The van der Waals surface area contributed by atoms with Crippen LogP contribution in [0.4, 0.5) is 0 Å². The zero-order chi connectivity index (χ0) is 16.1. The Labute approximate surface area is 139 Å². The average Bonchev–Trinajstić information content (AvgIpc) is 2.79. The number of aliphatic hydroxyl groups is 1. The summed E-state index contributed by atoms with van der Waals surface area (Å²) in [6.45, 7) is 0.697. The van der Waals surface area contributed by atoms with Crippen LogP contribution in [0.25, 0.3) is 0 Å². The number of carbonyl (C=O) groups is 1. The quantitative estimate of drug-likeness (QED) is 0.878. The van der Waals surface area contributed by atoms with E-state index in [-0.39, 0.29) is 19.1 Å². The molecule has 1 amide bonds. The Morgan fingerprint density at radius 3 is 2.45 bits per heavy atom. The Bertz CT molecular complexity index is 641. The Morgan fingerprint density at radius 2 is 1.91 bits per heavy atom. The molecule has 0 spiro atoms. The van der Waals surface area contributed by atoms with E-state index in [1.807, 2.05) is 30.3 Å². The summed E-state index contributed by atoms with van der Waals surface area (Å²) in [6.07, 6.45) is 0.721. The second-order valence-electron chi connectivity index (χ2n) is 4.98. The summed E-state index contributed by atoms with van der Waals surface area (Å²) in [7, 11) is 1.69. The van der Waals surface area contributed by atoms with Gasteiger partial charge in [-0.25, -0.2) is 0 Å². The monoisotopic (exact) mass is 340 g/mol. The molecule has 0 radical (unpaired) electrons. The second-order valence-corrected chi connectivity index (χ2v) is 5.74. The van der Waals surface area contributed by atoms with Gasteiger partial charge >= 0.3 is 0 Å². The lowest BCUT2D eigenvalue weighted by atomic mass is 10.1. The summed E-state index contributed by atoms with van der Waals surface area (Å²) in [6, 6.07) is 11.5. The molecule has 1 heterocycles. The standard InChI is InChI=1S/C16H18Cl2N2O2/c1-19-14(11-13(17)15(19)18)16(22)20(9-10-21)8-7-12-5-3-2-4-6-12/h2-6,11,21H,7-10H2,1H3. The predicted molar refractivity (Wildman–Crippen MR) is 88.6 cm³/mol. The molecule has 0 saturated heterocycles. The number of benzene rings is 1. The third-order valence-corrected chi connectivity index (χ3v) is 4.35. The fraction of sp³-hybridized carbons (Fsp3) is 0.312. The minimum Gasteiger partial charge on any atom is -0.395 e. The molecule has 1 aromatic heterocycles. The van der Waals surface area contributed by atoms with Crippen LogP contribution in [-0.2, 0) is 13.5 Å². The molecule has 0 saturated carbocycles. The van der Waals surface area contributed by atoms with E-state index >= 15 is 0 Å². The number of hydrogen-bond donors (Lipinski definition) is 1. The van der Waals surface area contributed by atoms with Crippen LogP contribution in [-0.4, -0.2) is 40.2 Å². The summed E-state index contributed by atoms with van der Waals surface area (Å²) in [4.78, 5) is 14.2. The van der Waals surface area contributed by atoms with Crippen molar-refractivity contribution in [3.8, 4) is 0 Å². The van der Waals surface area contributed by atoms with Gasteiger partial charge in [0.1, 0.15) is 10.8 Å². The smallest absolute Gasteiger partial charge is 0.270 e. The largest absolute Gasteiger partial charge is 0.395 e. The molecule has 6 heteroatoms. The van der Waals surface area contributed by atoms with Gasteiger partial charge in [0, 0.05) is 20.1 Å². The molecule has 0 aliphatic rings. The van der Waals surface area contributed by atoms with Crippen LogP contribution in [0.5, 0.6) is 0 Å². The molecule has 0 aliphatic heterocycles. The van der Waals surface area contributed by atoms with E-state index in [9.17, 15) is 9.90 Å². The molecule has 118 valence electrons. The van der Waals surface area contributed by atoms with Crippen molar-refractivity contribution < 1.29 is 9.90 Å². The lowest BCUT2D eigenvalue weighted by Gasteiger charge is -2.22. The van der Waals surface area contributed by atoms with Gasteiger partial charge in [-0.3, -0.25) is 4.79 Å². The normalized spacial score (nSPS) is 10.7. The maximum Gasteiger partial charge on any atom is 0.270 e. The van der Waals surface area contributed by atoms with Gasteiger partial charge in [0.15, 0.2) is 0 Å². The van der Waals surface area contributed by atoms with Crippen LogP contribution in [0.2, 0.25) is 10.2 Å². The average molecular weight is 341 g/mol. The summed E-state index contributed by atoms with van der Waals surface area (Å²) < 4.78 is 1.55. The first-order valence-corrected chi connectivity index (χ1v) is 7.75. The molecular weight excluding hydrogens is 323 g/mol. The highest BCUT2D eigenvalue weighted by molar-refractivity contribution is 6.41. The first-order chi connectivity index (χ1) is 10.5. The zero-order valence-electron chi connectivity index (χ0n) is 12.3. The van der Waals surface area contributed by atoms with Gasteiger partial charge in [-0.15, -0.1) is 0 Å². The predicted octanol–water partition coefficient (Wildman–Crippen LogP) is 3.01. The second kappa shape index (κ2) is 7.68. The van der Waals surface area contributed by atoms with Crippen LogP contribution in [0.1, 0.15) is 16.1 Å². The molecule has 2 aromatic rings. The van der Waals surface area contributed by atoms with Crippen LogP contribution in [0, 0.1) is 0 Å². The molecule has 1 aromatic carbocycles. The number of aliphatic hydroxyl groups excluding tert-OH is 1. The molecule has 22 heavy (non-hydrogen) atoms. The molecule has 0 bridgehead atoms. The van der Waals surface area contributed by atoms with Gasteiger partial charge in [0.25, 0.3) is 5.91 Å². The minimum absolute atomic E-state index is 0.0909. The highest BCUT2D eigenvalue weighted by atomic mass is 35.5. The third-order valence-electron chi connectivity index (χ3n) is 3.51. The molecule has 2 rings (SSSR count). The van der Waals surface area contributed by atoms with Crippen LogP contribution in [0.3, 0.4) is 0 Å². The van der Waals surface area contributed by atoms with Crippen molar-refractivity contribution in [2.24, 2.45) is 7.05 Å². The number of aromatic nitrogens is 1. The van der Waals surface area contributed by atoms with E-state index in [4.69, 9.17) is 23.2 Å². The molecule has 0 fully saturated rings. The summed E-state index contributed by atoms with van der Waals surface area (Å²) >= 11 is 12.0. The zero-order valence-corrected chi connectivity index (χ0v) is 13.8. The van der Waals surface area contributed by atoms with Crippen molar-refractivity contribution in [1.82, 2.24) is 9.47 Å². The molecule has 0 aliphatic carbocycles. The van der Waals surface area contributed by atoms with E-state index < -0.39 is 0 Å². The van der Waals surface area contributed by atoms with Gasteiger partial charge in [-0.2, -0.15) is 0 Å². The fourth-order valence-corrected chi connectivity index (χ4v) is 2.63. The van der Waals surface area contributed by atoms with Crippen molar-refractivity contribution in [2.45, 2.75) is 6.42 Å². The lowest BCUT2D eigenvalue weighted by Crippen LogP contribution is -2.36. The Hall–Kier alpha value is -1.49. The van der Waals surface area contributed by atoms with Gasteiger partial charge in [0.2, 0.25) is 0 Å². The van der Waals surface area contributed by atoms with Crippen molar-refractivity contribution in [3.63, 3.8) is 0 Å².